The lowest BCUT2D eigenvalue weighted by Gasteiger charge is -2.28. The predicted octanol–water partition coefficient (Wildman–Crippen LogP) is 2.78. The van der Waals surface area contributed by atoms with Gasteiger partial charge in [0.1, 0.15) is 0 Å². The summed E-state index contributed by atoms with van der Waals surface area (Å²) >= 11 is 0. The van der Waals surface area contributed by atoms with Crippen LogP contribution in [0.15, 0.2) is 30.3 Å². The van der Waals surface area contributed by atoms with E-state index in [1.807, 2.05) is 27.7 Å². The van der Waals surface area contributed by atoms with Gasteiger partial charge in [0.25, 0.3) is 0 Å². The van der Waals surface area contributed by atoms with Crippen LogP contribution in [0.4, 0.5) is 0 Å². The molecule has 1 aliphatic heterocycles. The van der Waals surface area contributed by atoms with Crippen LogP contribution in [0.2, 0.25) is 0 Å². The van der Waals surface area contributed by atoms with E-state index in [2.05, 4.69) is 40.5 Å². The highest BCUT2D eigenvalue weighted by molar-refractivity contribution is 5.82. The highest BCUT2D eigenvalue weighted by atomic mass is 16.2. The van der Waals surface area contributed by atoms with E-state index >= 15 is 0 Å². The number of nitrogens with zero attached hydrogens (tertiary/aromatic N) is 1. The van der Waals surface area contributed by atoms with Crippen molar-refractivity contribution in [2.45, 2.75) is 51.6 Å². The summed E-state index contributed by atoms with van der Waals surface area (Å²) in [7, 11) is 0. The van der Waals surface area contributed by atoms with Gasteiger partial charge in [-0.25, -0.2) is 0 Å². The molecule has 0 unspecified atom stereocenters. The van der Waals surface area contributed by atoms with Crippen LogP contribution in [0.25, 0.3) is 0 Å². The molecule has 3 nitrogen and oxygen atoms in total. The molecule has 1 aliphatic rings. The Kier molecular flexibility index (Phi) is 4.48. The van der Waals surface area contributed by atoms with E-state index in [1.165, 1.54) is 5.56 Å². The molecule has 2 rings (SSSR count). The van der Waals surface area contributed by atoms with Crippen molar-refractivity contribution in [3.8, 4) is 0 Å². The third kappa shape index (κ3) is 3.83. The summed E-state index contributed by atoms with van der Waals surface area (Å²) in [5.41, 5.74) is 1.22. The normalized spacial score (nSPS) is 21.7. The monoisotopic (exact) mass is 274 g/mol. The average Bonchev–Trinajstić information content (AvgIpc) is 2.86. The van der Waals surface area contributed by atoms with E-state index in [0.717, 1.165) is 19.5 Å². The van der Waals surface area contributed by atoms with Gasteiger partial charge in [-0.15, -0.1) is 0 Å². The number of likely N-dealkylation sites (tertiary alicyclic amines) is 1. The lowest BCUT2D eigenvalue weighted by Crippen LogP contribution is -2.50. The van der Waals surface area contributed by atoms with Gasteiger partial charge in [-0.1, -0.05) is 30.3 Å². The average molecular weight is 274 g/mol. The van der Waals surface area contributed by atoms with Crippen LogP contribution >= 0.6 is 0 Å². The van der Waals surface area contributed by atoms with E-state index in [4.69, 9.17) is 0 Å². The highest BCUT2D eigenvalue weighted by Crippen LogP contribution is 2.28. The van der Waals surface area contributed by atoms with E-state index in [0.29, 0.717) is 5.92 Å². The van der Waals surface area contributed by atoms with E-state index in [1.54, 1.807) is 0 Å². The first-order chi connectivity index (χ1) is 9.37. The second-order valence-electron chi connectivity index (χ2n) is 6.81. The van der Waals surface area contributed by atoms with Gasteiger partial charge in [0.15, 0.2) is 0 Å². The van der Waals surface area contributed by atoms with E-state index in [9.17, 15) is 4.79 Å². The maximum Gasteiger partial charge on any atom is 0.237 e. The number of hydrogen-bond donors (Lipinski definition) is 1. The molecule has 0 radical (unpaired) electrons. The lowest BCUT2D eigenvalue weighted by atomic mass is 9.99. The van der Waals surface area contributed by atoms with Gasteiger partial charge in [-0.3, -0.25) is 9.69 Å². The topological polar surface area (TPSA) is 32.3 Å². The predicted molar refractivity (Wildman–Crippen MR) is 82.7 cm³/mol. The summed E-state index contributed by atoms with van der Waals surface area (Å²) < 4.78 is 0. The number of carbonyl (C=O) groups is 1. The van der Waals surface area contributed by atoms with Crippen LogP contribution < -0.4 is 5.32 Å². The Bertz CT molecular complexity index is 450. The quantitative estimate of drug-likeness (QED) is 0.919. The summed E-state index contributed by atoms with van der Waals surface area (Å²) in [5.74, 6) is 0.687. The van der Waals surface area contributed by atoms with Crippen LogP contribution in [-0.2, 0) is 4.79 Å². The number of nitrogens with one attached hydrogen (secondary N) is 1. The molecule has 0 bridgehead atoms. The molecule has 0 saturated carbocycles. The molecule has 1 aromatic rings. The summed E-state index contributed by atoms with van der Waals surface area (Å²) in [4.78, 5) is 14.5. The number of amides is 1. The molecule has 110 valence electrons. The number of benzene rings is 1. The minimum Gasteiger partial charge on any atom is -0.350 e. The Morgan fingerprint density at radius 3 is 2.55 bits per heavy atom. The zero-order chi connectivity index (χ0) is 14.8. The van der Waals surface area contributed by atoms with Crippen molar-refractivity contribution in [2.24, 2.45) is 0 Å². The van der Waals surface area contributed by atoms with Crippen molar-refractivity contribution in [3.05, 3.63) is 35.9 Å². The van der Waals surface area contributed by atoms with Crippen LogP contribution in [0.5, 0.6) is 0 Å². The Morgan fingerprint density at radius 2 is 1.95 bits per heavy atom. The summed E-state index contributed by atoms with van der Waals surface area (Å²) in [6, 6.07) is 10.6. The Hall–Kier alpha value is -1.35. The van der Waals surface area contributed by atoms with Crippen LogP contribution in [0, 0.1) is 0 Å². The van der Waals surface area contributed by atoms with Gasteiger partial charge in [-0.2, -0.15) is 0 Å². The summed E-state index contributed by atoms with van der Waals surface area (Å²) in [6.45, 7) is 10.0. The van der Waals surface area contributed by atoms with Crippen LogP contribution in [0.3, 0.4) is 0 Å². The fourth-order valence-electron chi connectivity index (χ4n) is 2.78. The smallest absolute Gasteiger partial charge is 0.237 e. The summed E-state index contributed by atoms with van der Waals surface area (Å²) in [6.07, 6.45) is 1.14. The summed E-state index contributed by atoms with van der Waals surface area (Å²) in [5, 5.41) is 3.07. The second kappa shape index (κ2) is 5.96. The highest BCUT2D eigenvalue weighted by Gasteiger charge is 2.31. The molecule has 2 atom stereocenters. The molecule has 0 aliphatic carbocycles. The van der Waals surface area contributed by atoms with Gasteiger partial charge in [-0.05, 0) is 52.1 Å². The van der Waals surface area contributed by atoms with E-state index < -0.39 is 0 Å². The number of hydrogen-bond acceptors (Lipinski definition) is 2. The van der Waals surface area contributed by atoms with Crippen molar-refractivity contribution in [1.82, 2.24) is 10.2 Å². The minimum atomic E-state index is -0.163. The van der Waals surface area contributed by atoms with Gasteiger partial charge >= 0.3 is 0 Å². The SMILES string of the molecule is C[C@@H](C(=O)NC(C)(C)C)N1CC[C@@H](c2ccccc2)C1. The third-order valence-electron chi connectivity index (χ3n) is 3.92. The molecule has 1 saturated heterocycles. The molecule has 1 aromatic carbocycles. The first-order valence-electron chi connectivity index (χ1n) is 7.48. The zero-order valence-electron chi connectivity index (χ0n) is 13.0. The Morgan fingerprint density at radius 1 is 1.30 bits per heavy atom. The maximum absolute atomic E-state index is 12.2. The van der Waals surface area contributed by atoms with Crippen molar-refractivity contribution >= 4 is 5.91 Å². The van der Waals surface area contributed by atoms with Crippen LogP contribution in [-0.4, -0.2) is 35.5 Å². The van der Waals surface area contributed by atoms with E-state index in [-0.39, 0.29) is 17.5 Å². The molecule has 1 heterocycles. The molecule has 0 aromatic heterocycles. The zero-order valence-corrected chi connectivity index (χ0v) is 13.0. The van der Waals surface area contributed by atoms with Gasteiger partial charge in [0.2, 0.25) is 5.91 Å². The first-order valence-corrected chi connectivity index (χ1v) is 7.48. The fraction of sp³-hybridized carbons (Fsp3) is 0.588. The lowest BCUT2D eigenvalue weighted by molar-refractivity contribution is -0.127. The number of carbonyl (C=O) groups excluding carboxylic acids is 1. The van der Waals surface area contributed by atoms with Gasteiger partial charge in [0, 0.05) is 12.1 Å². The van der Waals surface area contributed by atoms with Crippen molar-refractivity contribution in [2.75, 3.05) is 13.1 Å². The Labute approximate surface area is 122 Å². The largest absolute Gasteiger partial charge is 0.350 e. The fourth-order valence-corrected chi connectivity index (χ4v) is 2.78. The van der Waals surface area contributed by atoms with Crippen LogP contribution in [0.1, 0.15) is 45.6 Å². The molecule has 3 heteroatoms. The first kappa shape index (κ1) is 15.0. The molecule has 20 heavy (non-hydrogen) atoms. The molecule has 0 spiro atoms. The van der Waals surface area contributed by atoms with Crippen molar-refractivity contribution in [1.29, 1.82) is 0 Å². The van der Waals surface area contributed by atoms with Crippen molar-refractivity contribution < 1.29 is 4.79 Å². The molecular weight excluding hydrogens is 248 g/mol. The molecular formula is C17H26N2O. The maximum atomic E-state index is 12.2. The third-order valence-corrected chi connectivity index (χ3v) is 3.92. The van der Waals surface area contributed by atoms with Gasteiger partial charge in [0.05, 0.1) is 6.04 Å². The number of rotatable bonds is 3. The second-order valence-corrected chi connectivity index (χ2v) is 6.81. The minimum absolute atomic E-state index is 0.0528. The standard InChI is InChI=1S/C17H26N2O/c1-13(16(20)18-17(2,3)4)19-11-10-15(12-19)14-8-6-5-7-9-14/h5-9,13,15H,10-12H2,1-4H3,(H,18,20)/t13-,15+/m0/s1. The molecule has 1 fully saturated rings. The molecule has 1 N–H and O–H groups in total. The Balaban J connectivity index is 1.94. The van der Waals surface area contributed by atoms with Crippen molar-refractivity contribution in [3.63, 3.8) is 0 Å². The molecule has 1 amide bonds. The van der Waals surface area contributed by atoms with Gasteiger partial charge < -0.3 is 5.32 Å².